The van der Waals surface area contributed by atoms with E-state index in [0.29, 0.717) is 6.54 Å². The standard InChI is InChI=1S/C22H45NO2/c1-5-7-9-11-13-15-17-21(19-23(4)20(3)24)22(25)18-16-14-12-10-8-6-2/h21-22,25H,5-19H2,1-4H3. The summed E-state index contributed by atoms with van der Waals surface area (Å²) in [5.74, 6) is 0.329. The maximum Gasteiger partial charge on any atom is 0.219 e. The SMILES string of the molecule is CCCCCCCCC(O)C(CCCCCCCC)CN(C)C(C)=O. The Bertz CT molecular complexity index is 306. The summed E-state index contributed by atoms with van der Waals surface area (Å²) in [6.45, 7) is 6.79. The van der Waals surface area contributed by atoms with Crippen LogP contribution in [0.3, 0.4) is 0 Å². The lowest BCUT2D eigenvalue weighted by Gasteiger charge is -2.27. The van der Waals surface area contributed by atoms with Gasteiger partial charge in [-0.05, 0) is 12.8 Å². The molecule has 0 radical (unpaired) electrons. The Hall–Kier alpha value is -0.570. The second kappa shape index (κ2) is 16.9. The van der Waals surface area contributed by atoms with Crippen LogP contribution in [0.2, 0.25) is 0 Å². The molecule has 1 amide bonds. The minimum Gasteiger partial charge on any atom is -0.393 e. The van der Waals surface area contributed by atoms with Crippen LogP contribution in [-0.2, 0) is 4.79 Å². The van der Waals surface area contributed by atoms with E-state index in [1.165, 1.54) is 70.6 Å². The summed E-state index contributed by atoms with van der Waals surface area (Å²) < 4.78 is 0. The number of rotatable bonds is 17. The van der Waals surface area contributed by atoms with Gasteiger partial charge in [-0.2, -0.15) is 0 Å². The summed E-state index contributed by atoms with van der Waals surface area (Å²) in [7, 11) is 1.86. The number of amides is 1. The Balaban J connectivity index is 4.15. The highest BCUT2D eigenvalue weighted by Gasteiger charge is 2.21. The predicted octanol–water partition coefficient (Wildman–Crippen LogP) is 5.94. The van der Waals surface area contributed by atoms with Gasteiger partial charge in [0.05, 0.1) is 6.10 Å². The molecule has 0 aromatic carbocycles. The zero-order valence-electron chi connectivity index (χ0n) is 17.6. The van der Waals surface area contributed by atoms with Gasteiger partial charge in [0.2, 0.25) is 5.91 Å². The first-order chi connectivity index (χ1) is 12.0. The van der Waals surface area contributed by atoms with Crippen LogP contribution in [0.25, 0.3) is 0 Å². The van der Waals surface area contributed by atoms with Crippen LogP contribution in [0.5, 0.6) is 0 Å². The van der Waals surface area contributed by atoms with E-state index in [9.17, 15) is 9.90 Å². The number of hydrogen-bond acceptors (Lipinski definition) is 2. The van der Waals surface area contributed by atoms with E-state index in [0.717, 1.165) is 19.3 Å². The predicted molar refractivity (Wildman–Crippen MR) is 109 cm³/mol. The largest absolute Gasteiger partial charge is 0.393 e. The average Bonchev–Trinajstić information content (AvgIpc) is 2.59. The number of unbranched alkanes of at least 4 members (excludes halogenated alkanes) is 10. The van der Waals surface area contributed by atoms with Crippen molar-refractivity contribution in [1.29, 1.82) is 0 Å². The number of hydrogen-bond donors (Lipinski definition) is 1. The van der Waals surface area contributed by atoms with Crippen LogP contribution >= 0.6 is 0 Å². The van der Waals surface area contributed by atoms with Crippen molar-refractivity contribution in [1.82, 2.24) is 4.90 Å². The Morgan fingerprint density at radius 1 is 0.800 bits per heavy atom. The van der Waals surface area contributed by atoms with Crippen LogP contribution in [0, 0.1) is 5.92 Å². The maximum atomic E-state index is 11.6. The summed E-state index contributed by atoms with van der Waals surface area (Å²) in [5.41, 5.74) is 0. The third-order valence-corrected chi connectivity index (χ3v) is 5.37. The normalized spacial score (nSPS) is 13.6. The first-order valence-corrected chi connectivity index (χ1v) is 10.9. The van der Waals surface area contributed by atoms with Crippen molar-refractivity contribution >= 4 is 5.91 Å². The third kappa shape index (κ3) is 14.3. The molecule has 0 heterocycles. The Morgan fingerprint density at radius 2 is 1.24 bits per heavy atom. The molecule has 3 nitrogen and oxygen atoms in total. The van der Waals surface area contributed by atoms with Crippen LogP contribution < -0.4 is 0 Å². The third-order valence-electron chi connectivity index (χ3n) is 5.37. The van der Waals surface area contributed by atoms with Crippen molar-refractivity contribution in [3.63, 3.8) is 0 Å². The second-order valence-electron chi connectivity index (χ2n) is 7.84. The van der Waals surface area contributed by atoms with E-state index in [1.54, 1.807) is 11.8 Å². The molecule has 150 valence electrons. The number of carbonyl (C=O) groups excluding carboxylic acids is 1. The van der Waals surface area contributed by atoms with Gasteiger partial charge in [-0.3, -0.25) is 4.79 Å². The van der Waals surface area contributed by atoms with Crippen LogP contribution in [0.4, 0.5) is 0 Å². The lowest BCUT2D eigenvalue weighted by Crippen LogP contribution is -2.35. The van der Waals surface area contributed by atoms with Crippen LogP contribution in [0.15, 0.2) is 0 Å². The van der Waals surface area contributed by atoms with Gasteiger partial charge >= 0.3 is 0 Å². The molecule has 0 aliphatic carbocycles. The molecule has 2 atom stereocenters. The summed E-state index contributed by atoms with van der Waals surface area (Å²) in [6, 6.07) is 0. The summed E-state index contributed by atoms with van der Waals surface area (Å²) >= 11 is 0. The number of aliphatic hydroxyl groups is 1. The molecule has 0 aromatic rings. The fraction of sp³-hybridized carbons (Fsp3) is 0.955. The van der Waals surface area contributed by atoms with E-state index in [-0.39, 0.29) is 17.9 Å². The maximum absolute atomic E-state index is 11.6. The topological polar surface area (TPSA) is 40.5 Å². The molecule has 0 rings (SSSR count). The lowest BCUT2D eigenvalue weighted by molar-refractivity contribution is -0.128. The van der Waals surface area contributed by atoms with Crippen molar-refractivity contribution in [2.45, 2.75) is 117 Å². The van der Waals surface area contributed by atoms with Gasteiger partial charge in [-0.25, -0.2) is 0 Å². The van der Waals surface area contributed by atoms with E-state index < -0.39 is 0 Å². The molecular formula is C22H45NO2. The minimum absolute atomic E-state index is 0.0970. The fourth-order valence-corrected chi connectivity index (χ4v) is 3.44. The van der Waals surface area contributed by atoms with Crippen LogP contribution in [0.1, 0.15) is 111 Å². The molecular weight excluding hydrogens is 310 g/mol. The molecule has 0 fully saturated rings. The Morgan fingerprint density at radius 3 is 1.72 bits per heavy atom. The number of carbonyl (C=O) groups is 1. The summed E-state index contributed by atoms with van der Waals surface area (Å²) in [6.07, 6.45) is 16.9. The first kappa shape index (κ1) is 24.4. The fourth-order valence-electron chi connectivity index (χ4n) is 3.44. The zero-order chi connectivity index (χ0) is 18.9. The highest BCUT2D eigenvalue weighted by atomic mass is 16.3. The zero-order valence-corrected chi connectivity index (χ0v) is 17.6. The summed E-state index contributed by atoms with van der Waals surface area (Å²) in [4.78, 5) is 13.3. The minimum atomic E-state index is -0.261. The monoisotopic (exact) mass is 355 g/mol. The number of aliphatic hydroxyl groups excluding tert-OH is 1. The van der Waals surface area contributed by atoms with E-state index in [1.807, 2.05) is 7.05 Å². The molecule has 1 N–H and O–H groups in total. The van der Waals surface area contributed by atoms with Gasteiger partial charge in [0.25, 0.3) is 0 Å². The molecule has 0 spiro atoms. The van der Waals surface area contributed by atoms with E-state index in [2.05, 4.69) is 13.8 Å². The van der Waals surface area contributed by atoms with Crippen molar-refractivity contribution in [2.24, 2.45) is 5.92 Å². The van der Waals surface area contributed by atoms with Crippen LogP contribution in [-0.4, -0.2) is 35.6 Å². The van der Waals surface area contributed by atoms with Gasteiger partial charge in [-0.15, -0.1) is 0 Å². The highest BCUT2D eigenvalue weighted by Crippen LogP contribution is 2.21. The average molecular weight is 356 g/mol. The molecule has 0 saturated carbocycles. The molecule has 2 unspecified atom stereocenters. The Labute approximate surface area is 157 Å². The highest BCUT2D eigenvalue weighted by molar-refractivity contribution is 5.72. The van der Waals surface area contributed by atoms with Gasteiger partial charge in [0.15, 0.2) is 0 Å². The van der Waals surface area contributed by atoms with Crippen molar-refractivity contribution < 1.29 is 9.90 Å². The smallest absolute Gasteiger partial charge is 0.219 e. The molecule has 0 aliphatic heterocycles. The lowest BCUT2D eigenvalue weighted by atomic mass is 9.91. The quantitative estimate of drug-likeness (QED) is 0.328. The number of nitrogens with zero attached hydrogens (tertiary/aromatic N) is 1. The molecule has 0 saturated heterocycles. The van der Waals surface area contributed by atoms with E-state index in [4.69, 9.17) is 0 Å². The molecule has 0 bridgehead atoms. The van der Waals surface area contributed by atoms with Gasteiger partial charge in [-0.1, -0.05) is 90.9 Å². The van der Waals surface area contributed by atoms with Crippen molar-refractivity contribution in [3.8, 4) is 0 Å². The van der Waals surface area contributed by atoms with Gasteiger partial charge in [0, 0.05) is 26.4 Å². The van der Waals surface area contributed by atoms with E-state index >= 15 is 0 Å². The second-order valence-corrected chi connectivity index (χ2v) is 7.84. The van der Waals surface area contributed by atoms with Gasteiger partial charge in [0.1, 0.15) is 0 Å². The van der Waals surface area contributed by atoms with Crippen molar-refractivity contribution in [2.75, 3.05) is 13.6 Å². The van der Waals surface area contributed by atoms with Crippen molar-refractivity contribution in [3.05, 3.63) is 0 Å². The van der Waals surface area contributed by atoms with Gasteiger partial charge < -0.3 is 10.0 Å². The Kier molecular flexibility index (Phi) is 16.5. The molecule has 25 heavy (non-hydrogen) atoms. The molecule has 3 heteroatoms. The summed E-state index contributed by atoms with van der Waals surface area (Å²) in [5, 5.41) is 10.6. The first-order valence-electron chi connectivity index (χ1n) is 10.9. The molecule has 0 aliphatic rings. The molecule has 0 aromatic heterocycles.